The lowest BCUT2D eigenvalue weighted by Gasteiger charge is -2.50. The Hall–Kier alpha value is -5.00. The number of thiocarbonyl (C=S) groups is 1. The molecule has 0 aliphatic carbocycles. The van der Waals surface area contributed by atoms with Gasteiger partial charge in [-0.1, -0.05) is 65.8 Å². The zero-order valence-electron chi connectivity index (χ0n) is 27.1. The van der Waals surface area contributed by atoms with Gasteiger partial charge in [-0.05, 0) is 42.8 Å². The van der Waals surface area contributed by atoms with Crippen LogP contribution in [0.3, 0.4) is 0 Å². The van der Waals surface area contributed by atoms with Gasteiger partial charge in [0.05, 0.1) is 12.3 Å². The first kappa shape index (κ1) is 36.3. The molecule has 1 fully saturated rings. The number of nitrogens with one attached hydrogen (secondary N) is 1. The molecule has 50 heavy (non-hydrogen) atoms. The lowest BCUT2D eigenvalue weighted by Crippen LogP contribution is -2.71. The van der Waals surface area contributed by atoms with Crippen LogP contribution in [0, 0.1) is 0 Å². The third-order valence-corrected chi connectivity index (χ3v) is 9.60. The van der Waals surface area contributed by atoms with E-state index in [2.05, 4.69) is 15.5 Å². The minimum atomic E-state index is -1.08. The zero-order valence-corrected chi connectivity index (χ0v) is 29.5. The molecule has 0 bridgehead atoms. The molecule has 0 spiro atoms. The predicted molar refractivity (Wildman–Crippen MR) is 189 cm³/mol. The van der Waals surface area contributed by atoms with E-state index in [0.29, 0.717) is 11.4 Å². The number of nitrogens with zero attached hydrogens (tertiary/aromatic N) is 3. The molecule has 2 unspecified atom stereocenters. The van der Waals surface area contributed by atoms with Gasteiger partial charge in [-0.25, -0.2) is 14.6 Å². The molecule has 2 amide bonds. The molecule has 2 aliphatic rings. The molecule has 5 rings (SSSR count). The van der Waals surface area contributed by atoms with Crippen molar-refractivity contribution in [3.8, 4) is 0 Å². The van der Waals surface area contributed by atoms with Crippen molar-refractivity contribution < 1.29 is 43.0 Å². The van der Waals surface area contributed by atoms with Crippen LogP contribution in [0.2, 0.25) is 0 Å². The van der Waals surface area contributed by atoms with Crippen molar-refractivity contribution in [3.05, 3.63) is 94.1 Å². The van der Waals surface area contributed by atoms with Gasteiger partial charge in [-0.2, -0.15) is 0 Å². The predicted octanol–water partition coefficient (Wildman–Crippen LogP) is 4.32. The van der Waals surface area contributed by atoms with Gasteiger partial charge >= 0.3 is 12.1 Å². The average molecular weight is 740 g/mol. The van der Waals surface area contributed by atoms with Gasteiger partial charge in [0.15, 0.2) is 16.9 Å². The van der Waals surface area contributed by atoms with Crippen LogP contribution in [0.5, 0.6) is 0 Å². The number of ether oxygens (including phenoxy) is 4. The van der Waals surface area contributed by atoms with Gasteiger partial charge < -0.3 is 34.8 Å². The van der Waals surface area contributed by atoms with Crippen LogP contribution < -0.4 is 11.1 Å². The van der Waals surface area contributed by atoms with Crippen molar-refractivity contribution in [2.24, 2.45) is 5.16 Å². The van der Waals surface area contributed by atoms with E-state index >= 15 is 0 Å². The number of esters is 1. The molecule has 3 heterocycles. The molecule has 1 aromatic heterocycles. The van der Waals surface area contributed by atoms with Crippen LogP contribution in [-0.4, -0.2) is 81.3 Å². The third-order valence-electron chi connectivity index (χ3n) is 7.21. The van der Waals surface area contributed by atoms with E-state index in [-0.39, 0.29) is 28.2 Å². The maximum Gasteiger partial charge on any atom is 0.511 e. The number of carbonyl (C=O) groups excluding carboxylic acids is 4. The molecule has 14 nitrogen and oxygen atoms in total. The van der Waals surface area contributed by atoms with E-state index in [1.165, 1.54) is 29.0 Å². The van der Waals surface area contributed by atoms with Crippen molar-refractivity contribution in [2.45, 2.75) is 44.6 Å². The lowest BCUT2D eigenvalue weighted by molar-refractivity contribution is -0.153. The fourth-order valence-electron chi connectivity index (χ4n) is 4.99. The van der Waals surface area contributed by atoms with E-state index in [4.69, 9.17) is 41.7 Å². The number of benzene rings is 2. The second kappa shape index (κ2) is 16.6. The monoisotopic (exact) mass is 739 g/mol. The number of β-lactam (4-membered cyclic amide) rings is 1. The molecule has 2 aliphatic heterocycles. The van der Waals surface area contributed by atoms with Crippen LogP contribution in [0.4, 0.5) is 9.93 Å². The summed E-state index contributed by atoms with van der Waals surface area (Å²) in [5, 5.41) is 7.71. The van der Waals surface area contributed by atoms with Crippen molar-refractivity contribution in [3.63, 3.8) is 0 Å². The molecule has 17 heteroatoms. The summed E-state index contributed by atoms with van der Waals surface area (Å²) >= 11 is 7.94. The molecule has 0 saturated carbocycles. The number of fused-ring (bicyclic) bond motifs is 1. The summed E-state index contributed by atoms with van der Waals surface area (Å²) < 4.78 is 21.1. The molecular formula is C33H33N5O9S3. The average Bonchev–Trinajstić information content (AvgIpc) is 3.53. The minimum absolute atomic E-state index is 0.0509. The van der Waals surface area contributed by atoms with Crippen LogP contribution in [0.15, 0.2) is 82.5 Å². The summed E-state index contributed by atoms with van der Waals surface area (Å²) in [7, 11) is 0. The quantitative estimate of drug-likeness (QED) is 0.0633. The van der Waals surface area contributed by atoms with Crippen LogP contribution >= 0.6 is 35.3 Å². The summed E-state index contributed by atoms with van der Waals surface area (Å²) in [5.74, 6) is -1.49. The van der Waals surface area contributed by atoms with Crippen LogP contribution in [0.1, 0.15) is 43.7 Å². The maximum atomic E-state index is 13.6. The van der Waals surface area contributed by atoms with E-state index < -0.39 is 54.4 Å². The van der Waals surface area contributed by atoms with E-state index in [0.717, 1.165) is 28.0 Å². The SMILES string of the molecule is CCOC(=O)OC(C)OC(=S)C1=C(C)CS[C@@H]2C(NC(=O)C(=NOCC(=O)OC(c3ccccc3)c3ccccc3)c3csc(N)n3)C(=O)N12. The highest BCUT2D eigenvalue weighted by Gasteiger charge is 2.53. The second-order valence-corrected chi connectivity index (χ2v) is 13.1. The molecule has 2 aromatic carbocycles. The third kappa shape index (κ3) is 8.58. The standard InChI is InChI=1S/C33H33N5O9S3/c1-4-43-33(42)46-19(3)45-31(48)26-18(2)16-49-30-25(29(41)38(26)30)36-28(40)24(22-17-50-32(34)35-22)37-44-15-23(39)47-27(20-11-7-5-8-12-20)21-13-9-6-10-14-21/h5-14,17,19,25,27,30H,4,15-16H2,1-3H3,(H2,34,35)(H,36,40)/t19?,25?,30-/m1/s1. The molecular weight excluding hydrogens is 707 g/mol. The van der Waals surface area contributed by atoms with Gasteiger partial charge in [-0.3, -0.25) is 14.5 Å². The van der Waals surface area contributed by atoms with Gasteiger partial charge in [0, 0.05) is 18.1 Å². The topological polar surface area (TPSA) is 181 Å². The number of hydrogen-bond donors (Lipinski definition) is 2. The van der Waals surface area contributed by atoms with Crippen molar-refractivity contribution in [1.29, 1.82) is 0 Å². The first-order valence-electron chi connectivity index (χ1n) is 15.3. The Bertz CT molecular complexity index is 1760. The Labute approximate surface area is 300 Å². The summed E-state index contributed by atoms with van der Waals surface area (Å²) in [4.78, 5) is 62.5. The summed E-state index contributed by atoms with van der Waals surface area (Å²) in [5.41, 5.74) is 8.24. The van der Waals surface area contributed by atoms with Crippen molar-refractivity contribution in [2.75, 3.05) is 24.7 Å². The second-order valence-electron chi connectivity index (χ2n) is 10.7. The molecule has 0 radical (unpaired) electrons. The van der Waals surface area contributed by atoms with Gasteiger partial charge in [0.25, 0.3) is 11.8 Å². The van der Waals surface area contributed by atoms with Crippen LogP contribution in [-0.2, 0) is 38.2 Å². The molecule has 3 N–H and O–H groups in total. The number of nitrogens with two attached hydrogens (primary N) is 1. The highest BCUT2D eigenvalue weighted by molar-refractivity contribution is 8.00. The minimum Gasteiger partial charge on any atom is -0.450 e. The van der Waals surface area contributed by atoms with Gasteiger partial charge in [0.1, 0.15) is 17.1 Å². The Morgan fingerprint density at radius 3 is 2.34 bits per heavy atom. The van der Waals surface area contributed by atoms with Gasteiger partial charge in [-0.15, -0.1) is 23.1 Å². The van der Waals surface area contributed by atoms with Crippen molar-refractivity contribution in [1.82, 2.24) is 15.2 Å². The molecule has 262 valence electrons. The Morgan fingerprint density at radius 2 is 1.74 bits per heavy atom. The first-order valence-corrected chi connectivity index (χ1v) is 17.6. The highest BCUT2D eigenvalue weighted by Crippen LogP contribution is 2.41. The maximum absolute atomic E-state index is 13.6. The number of oxime groups is 1. The molecule has 3 aromatic rings. The number of amides is 2. The van der Waals surface area contributed by atoms with E-state index in [9.17, 15) is 19.2 Å². The number of aromatic nitrogens is 1. The number of thioether (sulfide) groups is 1. The van der Waals surface area contributed by atoms with Crippen molar-refractivity contribution >= 4 is 75.1 Å². The highest BCUT2D eigenvalue weighted by atomic mass is 32.2. The fourth-order valence-corrected chi connectivity index (χ4v) is 7.24. The number of nitrogen functional groups attached to an aromatic ring is 1. The number of carbonyl (C=O) groups is 4. The summed E-state index contributed by atoms with van der Waals surface area (Å²) in [6.07, 6.45) is -2.70. The zero-order chi connectivity index (χ0) is 35.8. The normalized spacial score (nSPS) is 17.6. The van der Waals surface area contributed by atoms with E-state index in [1.54, 1.807) is 13.8 Å². The van der Waals surface area contributed by atoms with Crippen LogP contribution in [0.25, 0.3) is 0 Å². The summed E-state index contributed by atoms with van der Waals surface area (Å²) in [6, 6.07) is 17.5. The number of anilines is 1. The largest absolute Gasteiger partial charge is 0.511 e. The smallest absolute Gasteiger partial charge is 0.450 e. The molecule has 1 saturated heterocycles. The molecule has 3 atom stereocenters. The Balaban J connectivity index is 1.25. The van der Waals surface area contributed by atoms with E-state index in [1.807, 2.05) is 60.7 Å². The van der Waals surface area contributed by atoms with Gasteiger partial charge in [0.2, 0.25) is 17.9 Å². The summed E-state index contributed by atoms with van der Waals surface area (Å²) in [6.45, 7) is 4.40. The number of rotatable bonds is 13. The Morgan fingerprint density at radius 1 is 1.08 bits per heavy atom. The lowest BCUT2D eigenvalue weighted by atomic mass is 10.0. The number of thiazole rings is 1. The first-order chi connectivity index (χ1) is 24.1. The Kier molecular flexibility index (Phi) is 12.0. The fraction of sp³-hybridized carbons (Fsp3) is 0.303. The number of hydrogen-bond acceptors (Lipinski definition) is 15.